The predicted octanol–water partition coefficient (Wildman–Crippen LogP) is 4.22. The Balaban J connectivity index is 0.00000208. The van der Waals surface area contributed by atoms with Crippen LogP contribution in [0, 0.1) is 0 Å². The lowest BCUT2D eigenvalue weighted by molar-refractivity contribution is 0.0897. The molecule has 0 unspecified atom stereocenters. The lowest BCUT2D eigenvalue weighted by Crippen LogP contribution is -2.39. The van der Waals surface area contributed by atoms with E-state index in [0.717, 1.165) is 11.5 Å². The molecule has 1 atom stereocenters. The second-order valence-electron chi connectivity index (χ2n) is 5.10. The van der Waals surface area contributed by atoms with Gasteiger partial charge in [0.2, 0.25) is 0 Å². The van der Waals surface area contributed by atoms with Gasteiger partial charge in [-0.2, -0.15) is 0 Å². The lowest BCUT2D eigenvalue weighted by Gasteiger charge is -2.26. The topological polar surface area (TPSA) is 39.7 Å². The number of ether oxygens (including phenoxy) is 3. The molecule has 0 fully saturated rings. The molecule has 2 aromatic rings. The fourth-order valence-corrected chi connectivity index (χ4v) is 2.78. The predicted molar refractivity (Wildman–Crippen MR) is 98.4 cm³/mol. The first kappa shape index (κ1) is 19.0. The number of para-hydroxylation sites is 3. The maximum Gasteiger partial charge on any atom is 0.161 e. The zero-order valence-electron chi connectivity index (χ0n) is 12.8. The van der Waals surface area contributed by atoms with Gasteiger partial charge in [0, 0.05) is 13.1 Å². The Hall–Kier alpha value is -1.33. The van der Waals surface area contributed by atoms with E-state index in [4.69, 9.17) is 37.4 Å². The highest BCUT2D eigenvalue weighted by atomic mass is 35.5. The molecule has 0 amide bonds. The minimum atomic E-state index is -0.0196. The quantitative estimate of drug-likeness (QED) is 0.750. The van der Waals surface area contributed by atoms with Gasteiger partial charge in [-0.15, -0.1) is 12.4 Å². The van der Waals surface area contributed by atoms with E-state index in [1.165, 1.54) is 0 Å². The number of hydrogen-bond acceptors (Lipinski definition) is 4. The van der Waals surface area contributed by atoms with Gasteiger partial charge in [-0.25, -0.2) is 0 Å². The molecular formula is C17H18Cl3NO3. The Morgan fingerprint density at radius 3 is 2.50 bits per heavy atom. The number of rotatable bonds is 6. The van der Waals surface area contributed by atoms with Crippen LogP contribution < -0.4 is 19.5 Å². The number of benzene rings is 2. The maximum absolute atomic E-state index is 6.05. The lowest BCUT2D eigenvalue weighted by atomic mass is 10.2. The summed E-state index contributed by atoms with van der Waals surface area (Å²) in [6, 6.07) is 13.0. The van der Waals surface area contributed by atoms with Crippen molar-refractivity contribution in [3.05, 3.63) is 52.5 Å². The molecular weight excluding hydrogens is 373 g/mol. The van der Waals surface area contributed by atoms with Gasteiger partial charge in [-0.05, 0) is 24.3 Å². The zero-order valence-corrected chi connectivity index (χ0v) is 15.2. The minimum Gasteiger partial charge on any atom is -0.489 e. The van der Waals surface area contributed by atoms with Crippen LogP contribution in [0.3, 0.4) is 0 Å². The van der Waals surface area contributed by atoms with E-state index in [0.29, 0.717) is 42.1 Å². The van der Waals surface area contributed by atoms with Gasteiger partial charge in [0.05, 0.1) is 10.0 Å². The summed E-state index contributed by atoms with van der Waals surface area (Å²) in [5.41, 5.74) is 0. The summed E-state index contributed by atoms with van der Waals surface area (Å²) in [4.78, 5) is 0. The molecule has 1 heterocycles. The van der Waals surface area contributed by atoms with E-state index in [1.807, 2.05) is 24.3 Å². The first-order valence-corrected chi connectivity index (χ1v) is 8.15. The average Bonchev–Trinajstić information content (AvgIpc) is 2.57. The maximum atomic E-state index is 6.05. The van der Waals surface area contributed by atoms with Gasteiger partial charge in [-0.1, -0.05) is 41.4 Å². The summed E-state index contributed by atoms with van der Waals surface area (Å²) in [7, 11) is 0. The molecule has 1 aliphatic rings. The number of fused-ring (bicyclic) bond motifs is 1. The van der Waals surface area contributed by atoms with E-state index in [-0.39, 0.29) is 18.5 Å². The Labute approximate surface area is 157 Å². The number of halogens is 3. The molecule has 0 spiro atoms. The van der Waals surface area contributed by atoms with Crippen LogP contribution in [0.2, 0.25) is 10.0 Å². The van der Waals surface area contributed by atoms with Gasteiger partial charge >= 0.3 is 0 Å². The van der Waals surface area contributed by atoms with Crippen molar-refractivity contribution in [2.24, 2.45) is 0 Å². The SMILES string of the molecule is Cl.Clc1cccc(Cl)c1OCCNC[C@@H]1COc2ccccc2O1. The smallest absolute Gasteiger partial charge is 0.161 e. The molecule has 0 saturated carbocycles. The summed E-state index contributed by atoms with van der Waals surface area (Å²) in [6.07, 6.45) is -0.0196. The Morgan fingerprint density at radius 1 is 1.04 bits per heavy atom. The van der Waals surface area contributed by atoms with Crippen molar-refractivity contribution in [3.8, 4) is 17.2 Å². The van der Waals surface area contributed by atoms with Gasteiger partial charge in [0.25, 0.3) is 0 Å². The molecule has 1 aliphatic heterocycles. The molecule has 7 heteroatoms. The molecule has 2 aromatic carbocycles. The van der Waals surface area contributed by atoms with E-state index >= 15 is 0 Å². The highest BCUT2D eigenvalue weighted by Crippen LogP contribution is 2.32. The molecule has 0 saturated heterocycles. The van der Waals surface area contributed by atoms with Crippen LogP contribution in [0.25, 0.3) is 0 Å². The van der Waals surface area contributed by atoms with Crippen LogP contribution in [0.15, 0.2) is 42.5 Å². The Bertz CT molecular complexity index is 649. The molecule has 0 aliphatic carbocycles. The second-order valence-corrected chi connectivity index (χ2v) is 5.92. The first-order chi connectivity index (χ1) is 11.2. The van der Waals surface area contributed by atoms with Crippen LogP contribution >= 0.6 is 35.6 Å². The van der Waals surface area contributed by atoms with Crippen molar-refractivity contribution < 1.29 is 14.2 Å². The van der Waals surface area contributed by atoms with E-state index in [9.17, 15) is 0 Å². The van der Waals surface area contributed by atoms with Crippen LogP contribution in [0.1, 0.15) is 0 Å². The molecule has 130 valence electrons. The van der Waals surface area contributed by atoms with Crippen LogP contribution in [0.4, 0.5) is 0 Å². The third-order valence-corrected chi connectivity index (χ3v) is 3.98. The monoisotopic (exact) mass is 389 g/mol. The van der Waals surface area contributed by atoms with Crippen LogP contribution in [0.5, 0.6) is 17.2 Å². The third-order valence-electron chi connectivity index (χ3n) is 3.38. The largest absolute Gasteiger partial charge is 0.489 e. The molecule has 24 heavy (non-hydrogen) atoms. The van der Waals surface area contributed by atoms with E-state index in [2.05, 4.69) is 5.32 Å². The summed E-state index contributed by atoms with van der Waals surface area (Å²) in [5, 5.41) is 4.30. The van der Waals surface area contributed by atoms with Gasteiger partial charge in [-0.3, -0.25) is 0 Å². The molecule has 0 aromatic heterocycles. The summed E-state index contributed by atoms with van der Waals surface area (Å²) in [6.45, 7) is 2.33. The molecule has 3 rings (SSSR count). The highest BCUT2D eigenvalue weighted by molar-refractivity contribution is 6.37. The van der Waals surface area contributed by atoms with E-state index in [1.54, 1.807) is 18.2 Å². The molecule has 4 nitrogen and oxygen atoms in total. The number of nitrogens with one attached hydrogen (secondary N) is 1. The summed E-state index contributed by atoms with van der Waals surface area (Å²) in [5.74, 6) is 2.09. The third kappa shape index (κ3) is 4.84. The van der Waals surface area contributed by atoms with Crippen molar-refractivity contribution in [1.29, 1.82) is 0 Å². The van der Waals surface area contributed by atoms with E-state index < -0.39 is 0 Å². The van der Waals surface area contributed by atoms with Crippen molar-refractivity contribution in [3.63, 3.8) is 0 Å². The minimum absolute atomic E-state index is 0. The van der Waals surface area contributed by atoms with Gasteiger partial charge < -0.3 is 19.5 Å². The van der Waals surface area contributed by atoms with Crippen molar-refractivity contribution in [2.75, 3.05) is 26.3 Å². The van der Waals surface area contributed by atoms with Gasteiger partial charge in [0.1, 0.15) is 19.3 Å². The van der Waals surface area contributed by atoms with Crippen molar-refractivity contribution in [1.82, 2.24) is 5.32 Å². The second kappa shape index (κ2) is 9.23. The Kier molecular flexibility index (Phi) is 7.31. The Morgan fingerprint density at radius 2 is 1.75 bits per heavy atom. The van der Waals surface area contributed by atoms with Gasteiger partial charge in [0.15, 0.2) is 17.2 Å². The van der Waals surface area contributed by atoms with Crippen molar-refractivity contribution >= 4 is 35.6 Å². The highest BCUT2D eigenvalue weighted by Gasteiger charge is 2.19. The normalized spacial score (nSPS) is 15.5. The molecule has 0 bridgehead atoms. The first-order valence-electron chi connectivity index (χ1n) is 7.40. The number of hydrogen-bond donors (Lipinski definition) is 1. The van der Waals surface area contributed by atoms with Crippen LogP contribution in [-0.2, 0) is 0 Å². The molecule has 0 radical (unpaired) electrons. The van der Waals surface area contributed by atoms with Crippen LogP contribution in [-0.4, -0.2) is 32.4 Å². The fourth-order valence-electron chi connectivity index (χ4n) is 2.27. The van der Waals surface area contributed by atoms with Crippen molar-refractivity contribution in [2.45, 2.75) is 6.10 Å². The summed E-state index contributed by atoms with van der Waals surface area (Å²) >= 11 is 12.1. The zero-order chi connectivity index (χ0) is 16.1. The standard InChI is InChI=1S/C17H17Cl2NO3.ClH/c18-13-4-3-5-14(19)17(13)21-9-8-20-10-12-11-22-15-6-1-2-7-16(15)23-12;/h1-7,12,20H,8-11H2;1H/t12-;/m1./s1. The molecule has 1 N–H and O–H groups in total. The summed E-state index contributed by atoms with van der Waals surface area (Å²) < 4.78 is 17.1. The average molecular weight is 391 g/mol. The fraction of sp³-hybridized carbons (Fsp3) is 0.294.